The minimum Gasteiger partial charge on any atom is -0.444 e. The Bertz CT molecular complexity index is 697. The summed E-state index contributed by atoms with van der Waals surface area (Å²) in [4.78, 5) is 27.5. The maximum absolute atomic E-state index is 11.9. The first-order valence-corrected chi connectivity index (χ1v) is 7.70. The van der Waals surface area contributed by atoms with Crippen molar-refractivity contribution in [3.63, 3.8) is 0 Å². The number of benzene rings is 1. The fraction of sp³-hybridized carbons (Fsp3) is 0.353. The molecule has 1 aliphatic rings. The van der Waals surface area contributed by atoms with Gasteiger partial charge in [-0.25, -0.2) is 4.98 Å². The number of aromatic nitrogens is 1. The lowest BCUT2D eigenvalue weighted by atomic mass is 10.1. The third-order valence-corrected chi connectivity index (χ3v) is 3.96. The Balaban J connectivity index is 1.48. The number of rotatable bonds is 6. The smallest absolute Gasteiger partial charge is 0.226 e. The molecule has 0 saturated heterocycles. The first-order valence-electron chi connectivity index (χ1n) is 7.70. The normalized spacial score (nSPS) is 19.2. The first kappa shape index (κ1) is 15.3. The Hall–Kier alpha value is -2.63. The van der Waals surface area contributed by atoms with E-state index in [-0.39, 0.29) is 24.2 Å². The van der Waals surface area contributed by atoms with Gasteiger partial charge in [0.1, 0.15) is 0 Å². The molecule has 0 radical (unpaired) electrons. The van der Waals surface area contributed by atoms with Gasteiger partial charge in [-0.2, -0.15) is 0 Å². The minimum absolute atomic E-state index is 0.0533. The topological polar surface area (TPSA) is 84.2 Å². The molecule has 2 aromatic rings. The lowest BCUT2D eigenvalue weighted by molar-refractivity contribution is -0.122. The van der Waals surface area contributed by atoms with Crippen LogP contribution in [-0.4, -0.2) is 23.3 Å². The monoisotopic (exact) mass is 313 g/mol. The van der Waals surface area contributed by atoms with Gasteiger partial charge in [0.05, 0.1) is 6.20 Å². The molecule has 1 aromatic heterocycles. The maximum atomic E-state index is 11.9. The number of hydrogen-bond donors (Lipinski definition) is 2. The van der Waals surface area contributed by atoms with Gasteiger partial charge in [0.15, 0.2) is 12.2 Å². The summed E-state index contributed by atoms with van der Waals surface area (Å²) in [5.41, 5.74) is 1.53. The van der Waals surface area contributed by atoms with E-state index in [4.69, 9.17) is 4.42 Å². The molecule has 1 aliphatic carbocycles. The van der Waals surface area contributed by atoms with Gasteiger partial charge in [0, 0.05) is 30.1 Å². The van der Waals surface area contributed by atoms with Crippen molar-refractivity contribution in [1.82, 2.24) is 10.3 Å². The number of oxazole rings is 1. The van der Waals surface area contributed by atoms with Crippen LogP contribution in [0.2, 0.25) is 0 Å². The van der Waals surface area contributed by atoms with Crippen molar-refractivity contribution in [2.45, 2.75) is 19.8 Å². The summed E-state index contributed by atoms with van der Waals surface area (Å²) < 4.78 is 5.24. The van der Waals surface area contributed by atoms with Crippen molar-refractivity contribution in [1.29, 1.82) is 0 Å². The fourth-order valence-corrected chi connectivity index (χ4v) is 2.45. The molecule has 6 heteroatoms. The highest BCUT2D eigenvalue weighted by Gasteiger charge is 2.38. The van der Waals surface area contributed by atoms with E-state index < -0.39 is 0 Å². The Kier molecular flexibility index (Phi) is 4.41. The molecule has 1 fully saturated rings. The molecule has 2 N–H and O–H groups in total. The van der Waals surface area contributed by atoms with Crippen LogP contribution in [0.5, 0.6) is 0 Å². The number of nitrogens with one attached hydrogen (secondary N) is 2. The number of hydrogen-bond acceptors (Lipinski definition) is 4. The van der Waals surface area contributed by atoms with Crippen molar-refractivity contribution >= 4 is 17.5 Å². The molecule has 23 heavy (non-hydrogen) atoms. The van der Waals surface area contributed by atoms with E-state index in [0.717, 1.165) is 12.0 Å². The summed E-state index contributed by atoms with van der Waals surface area (Å²) in [6.45, 7) is 2.41. The second kappa shape index (κ2) is 6.64. The quantitative estimate of drug-likeness (QED) is 0.858. The van der Waals surface area contributed by atoms with E-state index in [9.17, 15) is 9.59 Å². The molecule has 0 spiro atoms. The molecule has 3 rings (SSSR count). The Morgan fingerprint density at radius 1 is 1.39 bits per heavy atom. The third kappa shape index (κ3) is 3.97. The third-order valence-electron chi connectivity index (χ3n) is 3.96. The highest BCUT2D eigenvalue weighted by molar-refractivity contribution is 5.92. The minimum atomic E-state index is -0.135. The van der Waals surface area contributed by atoms with Crippen molar-refractivity contribution in [2.24, 2.45) is 11.8 Å². The van der Waals surface area contributed by atoms with Gasteiger partial charge in [0.25, 0.3) is 0 Å². The summed E-state index contributed by atoms with van der Waals surface area (Å²) >= 11 is 0. The average Bonchev–Trinajstić information content (AvgIpc) is 3.03. The predicted octanol–water partition coefficient (Wildman–Crippen LogP) is 2.44. The number of carbonyl (C=O) groups excluding carboxylic acids is 2. The van der Waals surface area contributed by atoms with Gasteiger partial charge < -0.3 is 15.1 Å². The van der Waals surface area contributed by atoms with Gasteiger partial charge >= 0.3 is 0 Å². The molecule has 0 bridgehead atoms. The van der Waals surface area contributed by atoms with Gasteiger partial charge in [0.2, 0.25) is 11.8 Å². The van der Waals surface area contributed by atoms with Crippen LogP contribution in [-0.2, 0) is 9.59 Å². The zero-order valence-electron chi connectivity index (χ0n) is 12.9. The first-order chi connectivity index (χ1) is 11.1. The van der Waals surface area contributed by atoms with Crippen LogP contribution in [0.3, 0.4) is 0 Å². The molecule has 0 aliphatic heterocycles. The average molecular weight is 313 g/mol. The molecule has 2 amide bonds. The van der Waals surface area contributed by atoms with E-state index in [2.05, 4.69) is 22.5 Å². The van der Waals surface area contributed by atoms with Crippen LogP contribution in [0, 0.1) is 11.8 Å². The van der Waals surface area contributed by atoms with Crippen molar-refractivity contribution in [3.05, 3.63) is 36.9 Å². The number of nitrogens with zero attached hydrogens (tertiary/aromatic N) is 1. The molecule has 6 nitrogen and oxygen atoms in total. The number of amides is 2. The van der Waals surface area contributed by atoms with Gasteiger partial charge in [-0.05, 0) is 24.5 Å². The predicted molar refractivity (Wildman–Crippen MR) is 85.5 cm³/mol. The summed E-state index contributed by atoms with van der Waals surface area (Å²) in [5, 5.41) is 5.62. The summed E-state index contributed by atoms with van der Waals surface area (Å²) in [5.74, 6) is 1.17. The SMILES string of the molecule is C[C@H]1C[C@@H]1C(=O)NCCC(=O)Nc1cccc(-c2cnco2)c1. The standard InChI is InChI=1S/C17H19N3O3/c1-11-7-14(11)17(22)19-6-5-16(21)20-13-4-2-3-12(8-13)15-9-18-10-23-15/h2-4,8-11,14H,5-7H2,1H3,(H,19,22)(H,20,21)/t11-,14-/m0/s1. The number of carbonyl (C=O) groups is 2. The summed E-state index contributed by atoms with van der Waals surface area (Å²) in [6.07, 6.45) is 4.19. The van der Waals surface area contributed by atoms with Crippen molar-refractivity contribution in [3.8, 4) is 11.3 Å². The van der Waals surface area contributed by atoms with Gasteiger partial charge in [-0.15, -0.1) is 0 Å². The summed E-state index contributed by atoms with van der Waals surface area (Å²) in [6, 6.07) is 7.35. The molecular weight excluding hydrogens is 294 g/mol. The van der Waals surface area contributed by atoms with E-state index >= 15 is 0 Å². The highest BCUT2D eigenvalue weighted by atomic mass is 16.3. The highest BCUT2D eigenvalue weighted by Crippen LogP contribution is 2.37. The molecule has 120 valence electrons. The zero-order chi connectivity index (χ0) is 16.2. The lowest BCUT2D eigenvalue weighted by Gasteiger charge is -2.07. The van der Waals surface area contributed by atoms with E-state index in [1.807, 2.05) is 24.3 Å². The van der Waals surface area contributed by atoms with Crippen LogP contribution < -0.4 is 10.6 Å². The lowest BCUT2D eigenvalue weighted by Crippen LogP contribution is -2.29. The van der Waals surface area contributed by atoms with Crippen molar-refractivity contribution in [2.75, 3.05) is 11.9 Å². The van der Waals surface area contributed by atoms with Crippen LogP contribution in [0.1, 0.15) is 19.8 Å². The van der Waals surface area contributed by atoms with Crippen LogP contribution in [0.25, 0.3) is 11.3 Å². The molecule has 1 heterocycles. The largest absolute Gasteiger partial charge is 0.444 e. The second-order valence-corrected chi connectivity index (χ2v) is 5.86. The molecular formula is C17H19N3O3. The second-order valence-electron chi connectivity index (χ2n) is 5.86. The molecule has 1 saturated carbocycles. The fourth-order valence-electron chi connectivity index (χ4n) is 2.45. The van der Waals surface area contributed by atoms with Crippen molar-refractivity contribution < 1.29 is 14.0 Å². The maximum Gasteiger partial charge on any atom is 0.226 e. The Morgan fingerprint density at radius 2 is 2.22 bits per heavy atom. The molecule has 1 aromatic carbocycles. The van der Waals surface area contributed by atoms with E-state index in [0.29, 0.717) is 23.9 Å². The van der Waals surface area contributed by atoms with Crippen LogP contribution in [0.4, 0.5) is 5.69 Å². The Morgan fingerprint density at radius 3 is 2.91 bits per heavy atom. The Labute approximate surface area is 134 Å². The number of anilines is 1. The molecule has 0 unspecified atom stereocenters. The van der Waals surface area contributed by atoms with Gasteiger partial charge in [-0.1, -0.05) is 19.1 Å². The van der Waals surface area contributed by atoms with Gasteiger partial charge in [-0.3, -0.25) is 9.59 Å². The van der Waals surface area contributed by atoms with Crippen LogP contribution in [0.15, 0.2) is 41.3 Å². The van der Waals surface area contributed by atoms with Crippen LogP contribution >= 0.6 is 0 Å². The zero-order valence-corrected chi connectivity index (χ0v) is 12.9. The molecule has 2 atom stereocenters. The van der Waals surface area contributed by atoms with E-state index in [1.165, 1.54) is 6.39 Å². The summed E-state index contributed by atoms with van der Waals surface area (Å²) in [7, 11) is 0. The van der Waals surface area contributed by atoms with E-state index in [1.54, 1.807) is 6.20 Å².